The van der Waals surface area contributed by atoms with E-state index in [2.05, 4.69) is 41.3 Å². The molecule has 0 saturated heterocycles. The van der Waals surface area contributed by atoms with Gasteiger partial charge in [-0.05, 0) is 38.6 Å². The van der Waals surface area contributed by atoms with Crippen LogP contribution in [0.4, 0.5) is 0 Å². The fraction of sp³-hybridized carbons (Fsp3) is 0.538. The molecule has 0 aromatic carbocycles. The lowest BCUT2D eigenvalue weighted by molar-refractivity contribution is 0.273. The topological polar surface area (TPSA) is 86.8 Å². The van der Waals surface area contributed by atoms with E-state index in [-0.39, 0.29) is 5.84 Å². The number of oxime groups is 1. The molecule has 0 unspecified atom stereocenters. The largest absolute Gasteiger partial charge is 0.409 e. The predicted molar refractivity (Wildman–Crippen MR) is 76.2 cm³/mol. The van der Waals surface area contributed by atoms with Crippen molar-refractivity contribution in [2.75, 3.05) is 20.1 Å². The second-order valence-corrected chi connectivity index (χ2v) is 4.79. The molecule has 0 fully saturated rings. The molecular formula is C13H23N5O. The molecule has 0 saturated carbocycles. The van der Waals surface area contributed by atoms with Gasteiger partial charge in [-0.25, -0.2) is 0 Å². The molecule has 6 nitrogen and oxygen atoms in total. The number of rotatable bonds is 7. The van der Waals surface area contributed by atoms with E-state index in [1.165, 1.54) is 0 Å². The number of aromatic nitrogens is 1. The third kappa shape index (κ3) is 5.23. The number of likely N-dealkylation sites (N-methyl/N-ethyl adjacent to an activating group) is 1. The molecule has 0 radical (unpaired) electrons. The van der Waals surface area contributed by atoms with E-state index in [4.69, 9.17) is 10.9 Å². The zero-order valence-electron chi connectivity index (χ0n) is 11.8. The zero-order valence-corrected chi connectivity index (χ0v) is 11.8. The minimum Gasteiger partial charge on any atom is -0.409 e. The highest BCUT2D eigenvalue weighted by Gasteiger charge is 2.03. The molecule has 4 N–H and O–H groups in total. The van der Waals surface area contributed by atoms with Gasteiger partial charge in [-0.2, -0.15) is 0 Å². The van der Waals surface area contributed by atoms with Gasteiger partial charge < -0.3 is 21.2 Å². The van der Waals surface area contributed by atoms with Crippen LogP contribution in [-0.2, 0) is 6.54 Å². The van der Waals surface area contributed by atoms with Gasteiger partial charge in [-0.15, -0.1) is 0 Å². The highest BCUT2D eigenvalue weighted by Crippen LogP contribution is 2.01. The fourth-order valence-electron chi connectivity index (χ4n) is 1.52. The van der Waals surface area contributed by atoms with Gasteiger partial charge in [0.1, 0.15) is 5.69 Å². The Morgan fingerprint density at radius 2 is 2.32 bits per heavy atom. The molecule has 0 aliphatic rings. The Bertz CT molecular complexity index is 419. The van der Waals surface area contributed by atoms with Gasteiger partial charge in [-0.1, -0.05) is 5.16 Å². The van der Waals surface area contributed by atoms with Gasteiger partial charge >= 0.3 is 0 Å². The summed E-state index contributed by atoms with van der Waals surface area (Å²) in [5, 5.41) is 14.9. The fourth-order valence-corrected chi connectivity index (χ4v) is 1.52. The van der Waals surface area contributed by atoms with E-state index < -0.39 is 0 Å². The van der Waals surface area contributed by atoms with Crippen LogP contribution in [-0.4, -0.2) is 47.1 Å². The zero-order chi connectivity index (χ0) is 14.3. The average Bonchev–Trinajstić information content (AvgIpc) is 2.42. The summed E-state index contributed by atoms with van der Waals surface area (Å²) in [7, 11) is 2.11. The number of amidine groups is 1. The predicted octanol–water partition coefficient (Wildman–Crippen LogP) is 0.606. The van der Waals surface area contributed by atoms with E-state index in [9.17, 15) is 0 Å². The minimum absolute atomic E-state index is 0.0291. The maximum Gasteiger partial charge on any atom is 0.188 e. The van der Waals surface area contributed by atoms with Crippen molar-refractivity contribution in [1.29, 1.82) is 0 Å². The lowest BCUT2D eigenvalue weighted by Gasteiger charge is -2.20. The first kappa shape index (κ1) is 15.4. The van der Waals surface area contributed by atoms with Gasteiger partial charge in [-0.3, -0.25) is 4.98 Å². The Morgan fingerprint density at radius 1 is 1.58 bits per heavy atom. The first-order chi connectivity index (χ1) is 9.04. The first-order valence-corrected chi connectivity index (χ1v) is 6.38. The lowest BCUT2D eigenvalue weighted by atomic mass is 10.2. The summed E-state index contributed by atoms with van der Waals surface area (Å²) < 4.78 is 0. The second kappa shape index (κ2) is 7.70. The van der Waals surface area contributed by atoms with Crippen molar-refractivity contribution in [1.82, 2.24) is 15.2 Å². The molecule has 1 heterocycles. The second-order valence-electron chi connectivity index (χ2n) is 4.79. The van der Waals surface area contributed by atoms with E-state index in [0.29, 0.717) is 11.7 Å². The molecule has 106 valence electrons. The standard InChI is InChI=1S/C13H23N5O/c1-10(2)18(3)7-6-15-9-11-4-5-16-12(8-11)13(14)17-19/h4-5,8,10,15,19H,6-7,9H2,1-3H3,(H2,14,17). The molecule has 0 aliphatic carbocycles. The molecule has 0 aliphatic heterocycles. The molecule has 1 aromatic heterocycles. The molecule has 0 atom stereocenters. The highest BCUT2D eigenvalue weighted by molar-refractivity contribution is 5.95. The molecule has 1 aromatic rings. The third-order valence-corrected chi connectivity index (χ3v) is 3.05. The van der Waals surface area contributed by atoms with Crippen LogP contribution in [0.3, 0.4) is 0 Å². The molecule has 6 heteroatoms. The number of nitrogens with zero attached hydrogens (tertiary/aromatic N) is 3. The summed E-state index contributed by atoms with van der Waals surface area (Å²) >= 11 is 0. The third-order valence-electron chi connectivity index (χ3n) is 3.05. The Balaban J connectivity index is 2.42. The average molecular weight is 265 g/mol. The Hall–Kier alpha value is -1.66. The van der Waals surface area contributed by atoms with Crippen molar-refractivity contribution in [3.63, 3.8) is 0 Å². The van der Waals surface area contributed by atoms with Crippen LogP contribution in [0.2, 0.25) is 0 Å². The van der Waals surface area contributed by atoms with Crippen molar-refractivity contribution in [3.8, 4) is 0 Å². The summed E-state index contributed by atoms with van der Waals surface area (Å²) in [5.74, 6) is 0.0291. The van der Waals surface area contributed by atoms with Crippen molar-refractivity contribution in [2.24, 2.45) is 10.9 Å². The van der Waals surface area contributed by atoms with Crippen molar-refractivity contribution >= 4 is 5.84 Å². The van der Waals surface area contributed by atoms with E-state index in [0.717, 1.165) is 25.2 Å². The monoisotopic (exact) mass is 265 g/mol. The Labute approximate surface area is 114 Å². The molecule has 0 spiro atoms. The van der Waals surface area contributed by atoms with Crippen molar-refractivity contribution in [2.45, 2.75) is 26.4 Å². The lowest BCUT2D eigenvalue weighted by Crippen LogP contribution is -2.33. The van der Waals surface area contributed by atoms with E-state index >= 15 is 0 Å². The van der Waals surface area contributed by atoms with Crippen LogP contribution in [0.1, 0.15) is 25.1 Å². The van der Waals surface area contributed by atoms with Gasteiger partial charge in [0.2, 0.25) is 0 Å². The van der Waals surface area contributed by atoms with Crippen LogP contribution in [0.15, 0.2) is 23.5 Å². The van der Waals surface area contributed by atoms with Crippen molar-refractivity contribution in [3.05, 3.63) is 29.6 Å². The van der Waals surface area contributed by atoms with Gasteiger partial charge in [0.15, 0.2) is 5.84 Å². The van der Waals surface area contributed by atoms with Crippen LogP contribution in [0.5, 0.6) is 0 Å². The summed E-state index contributed by atoms with van der Waals surface area (Å²) in [6.45, 7) is 6.99. The van der Waals surface area contributed by atoms with Crippen LogP contribution < -0.4 is 11.1 Å². The van der Waals surface area contributed by atoms with Gasteiger partial charge in [0.25, 0.3) is 0 Å². The number of nitrogens with one attached hydrogen (secondary N) is 1. The minimum atomic E-state index is 0.0291. The quantitative estimate of drug-likeness (QED) is 0.221. The smallest absolute Gasteiger partial charge is 0.188 e. The van der Waals surface area contributed by atoms with Crippen LogP contribution in [0, 0.1) is 0 Å². The molecular weight excluding hydrogens is 242 g/mol. The van der Waals surface area contributed by atoms with E-state index in [1.807, 2.05) is 12.1 Å². The van der Waals surface area contributed by atoms with Crippen LogP contribution in [0.25, 0.3) is 0 Å². The number of pyridine rings is 1. The Morgan fingerprint density at radius 3 is 2.95 bits per heavy atom. The summed E-state index contributed by atoms with van der Waals surface area (Å²) in [4.78, 5) is 6.32. The Kier molecular flexibility index (Phi) is 6.24. The SMILES string of the molecule is CC(C)N(C)CCNCc1ccnc(C(N)=NO)c1. The maximum atomic E-state index is 8.61. The maximum absolute atomic E-state index is 8.61. The number of nitrogens with two attached hydrogens (primary N) is 1. The summed E-state index contributed by atoms with van der Waals surface area (Å²) in [5.41, 5.74) is 7.05. The van der Waals surface area contributed by atoms with Crippen LogP contribution >= 0.6 is 0 Å². The highest BCUT2D eigenvalue weighted by atomic mass is 16.4. The molecule has 0 amide bonds. The molecule has 19 heavy (non-hydrogen) atoms. The molecule has 1 rings (SSSR count). The normalized spacial score (nSPS) is 12.4. The summed E-state index contributed by atoms with van der Waals surface area (Å²) in [6, 6.07) is 4.27. The number of hydrogen-bond acceptors (Lipinski definition) is 5. The first-order valence-electron chi connectivity index (χ1n) is 6.38. The van der Waals surface area contributed by atoms with Gasteiger partial charge in [0.05, 0.1) is 0 Å². The number of hydrogen-bond donors (Lipinski definition) is 3. The van der Waals surface area contributed by atoms with Gasteiger partial charge in [0, 0.05) is 31.9 Å². The summed E-state index contributed by atoms with van der Waals surface area (Å²) in [6.07, 6.45) is 1.66. The van der Waals surface area contributed by atoms with E-state index in [1.54, 1.807) is 6.20 Å². The van der Waals surface area contributed by atoms with Crippen molar-refractivity contribution < 1.29 is 5.21 Å². The molecule has 0 bridgehead atoms.